The lowest BCUT2D eigenvalue weighted by molar-refractivity contribution is 0.0941. The minimum atomic E-state index is -0.0943. The molecule has 0 unspecified atom stereocenters. The number of aryl methyl sites for hydroxylation is 2. The Hall–Kier alpha value is -1.85. The number of hydrogen-bond donors (Lipinski definition) is 2. The van der Waals surface area contributed by atoms with Gasteiger partial charge >= 0.3 is 0 Å². The van der Waals surface area contributed by atoms with Crippen LogP contribution in [0.1, 0.15) is 34.2 Å². The van der Waals surface area contributed by atoms with Gasteiger partial charge in [0.25, 0.3) is 5.91 Å². The smallest absolute Gasteiger partial charge is 0.251 e. The van der Waals surface area contributed by atoms with Crippen LogP contribution >= 0.6 is 12.4 Å². The lowest BCUT2D eigenvalue weighted by atomic mass is 10.1. The number of nitrogens with one attached hydrogen (secondary N) is 1. The number of carbonyl (C=O) groups is 1. The molecule has 2 aromatic rings. The maximum Gasteiger partial charge on any atom is 0.251 e. The molecule has 5 nitrogen and oxygen atoms in total. The summed E-state index contributed by atoms with van der Waals surface area (Å²) in [7, 11) is 0. The van der Waals surface area contributed by atoms with Crippen molar-refractivity contribution in [2.24, 2.45) is 5.73 Å². The molecule has 0 saturated carbocycles. The zero-order chi connectivity index (χ0) is 15.4. The highest BCUT2D eigenvalue weighted by Gasteiger charge is 2.10. The Kier molecular flexibility index (Phi) is 6.59. The molecular weight excluding hydrogens is 300 g/mol. The molecule has 1 amide bonds. The molecule has 120 valence electrons. The van der Waals surface area contributed by atoms with Crippen LogP contribution in [0.5, 0.6) is 0 Å². The largest absolute Gasteiger partial charge is 0.348 e. The molecular formula is C16H23ClN4O. The van der Waals surface area contributed by atoms with E-state index in [0.29, 0.717) is 18.7 Å². The van der Waals surface area contributed by atoms with Crippen LogP contribution < -0.4 is 11.1 Å². The van der Waals surface area contributed by atoms with E-state index in [9.17, 15) is 4.79 Å². The molecule has 0 aliphatic heterocycles. The van der Waals surface area contributed by atoms with E-state index in [4.69, 9.17) is 5.73 Å². The summed E-state index contributed by atoms with van der Waals surface area (Å²) >= 11 is 0. The number of carbonyl (C=O) groups excluding carboxylic acids is 1. The van der Waals surface area contributed by atoms with Crippen molar-refractivity contribution in [3.05, 3.63) is 52.8 Å². The summed E-state index contributed by atoms with van der Waals surface area (Å²) in [6.45, 7) is 6.98. The molecule has 22 heavy (non-hydrogen) atoms. The van der Waals surface area contributed by atoms with Gasteiger partial charge in [0.05, 0.1) is 12.2 Å². The fourth-order valence-electron chi connectivity index (χ4n) is 2.18. The van der Waals surface area contributed by atoms with E-state index in [1.807, 2.05) is 55.8 Å². The van der Waals surface area contributed by atoms with Crippen molar-refractivity contribution in [2.45, 2.75) is 33.4 Å². The first-order chi connectivity index (χ1) is 9.99. The Bertz CT molecular complexity index is 639. The van der Waals surface area contributed by atoms with Crippen molar-refractivity contribution in [1.82, 2.24) is 15.1 Å². The minimum Gasteiger partial charge on any atom is -0.348 e. The highest BCUT2D eigenvalue weighted by Crippen LogP contribution is 2.10. The summed E-state index contributed by atoms with van der Waals surface area (Å²) in [5.41, 5.74) is 9.33. The monoisotopic (exact) mass is 322 g/mol. The average Bonchev–Trinajstić information content (AvgIpc) is 2.77. The molecule has 0 aliphatic rings. The normalized spacial score (nSPS) is 11.6. The fourth-order valence-corrected chi connectivity index (χ4v) is 2.18. The summed E-state index contributed by atoms with van der Waals surface area (Å²) in [6.07, 6.45) is 0. The number of rotatable bonds is 5. The number of halogens is 1. The fraction of sp³-hybridized carbons (Fsp3) is 0.375. The van der Waals surface area contributed by atoms with Crippen molar-refractivity contribution in [2.75, 3.05) is 6.54 Å². The average molecular weight is 323 g/mol. The maximum absolute atomic E-state index is 12.1. The molecule has 0 bridgehead atoms. The first-order valence-electron chi connectivity index (χ1n) is 7.10. The SMILES string of the molecule is Cc1cc(C)n(Cc2cccc(C(=O)N[C@@H](C)CN)c2)n1.Cl. The van der Waals surface area contributed by atoms with Crippen molar-refractivity contribution < 1.29 is 4.79 Å². The molecule has 0 aliphatic carbocycles. The van der Waals surface area contributed by atoms with E-state index < -0.39 is 0 Å². The van der Waals surface area contributed by atoms with Gasteiger partial charge in [0, 0.05) is 23.8 Å². The summed E-state index contributed by atoms with van der Waals surface area (Å²) in [5, 5.41) is 7.31. The predicted molar refractivity (Wildman–Crippen MR) is 90.5 cm³/mol. The predicted octanol–water partition coefficient (Wildman–Crippen LogP) is 2.05. The van der Waals surface area contributed by atoms with Crippen molar-refractivity contribution in [3.63, 3.8) is 0 Å². The summed E-state index contributed by atoms with van der Waals surface area (Å²) in [5.74, 6) is -0.0943. The van der Waals surface area contributed by atoms with Gasteiger partial charge in [-0.2, -0.15) is 5.10 Å². The van der Waals surface area contributed by atoms with Crippen LogP contribution in [0.4, 0.5) is 0 Å². The molecule has 0 fully saturated rings. The molecule has 1 aromatic carbocycles. The molecule has 0 saturated heterocycles. The van der Waals surface area contributed by atoms with Crippen LogP contribution in [-0.2, 0) is 6.54 Å². The quantitative estimate of drug-likeness (QED) is 0.885. The van der Waals surface area contributed by atoms with Crippen LogP contribution in [0.3, 0.4) is 0 Å². The third kappa shape index (κ3) is 4.58. The molecule has 6 heteroatoms. The number of nitrogens with two attached hydrogens (primary N) is 1. The second kappa shape index (κ2) is 7.96. The second-order valence-corrected chi connectivity index (χ2v) is 5.40. The van der Waals surface area contributed by atoms with Gasteiger partial charge < -0.3 is 11.1 Å². The number of hydrogen-bond acceptors (Lipinski definition) is 3. The van der Waals surface area contributed by atoms with E-state index in [0.717, 1.165) is 17.0 Å². The van der Waals surface area contributed by atoms with E-state index in [2.05, 4.69) is 10.4 Å². The van der Waals surface area contributed by atoms with Crippen molar-refractivity contribution >= 4 is 18.3 Å². The first-order valence-corrected chi connectivity index (χ1v) is 7.10. The molecule has 0 radical (unpaired) electrons. The summed E-state index contributed by atoms with van der Waals surface area (Å²) in [4.78, 5) is 12.1. The third-order valence-corrected chi connectivity index (χ3v) is 3.36. The number of amides is 1. The van der Waals surface area contributed by atoms with Gasteiger partial charge in [-0.05, 0) is 44.5 Å². The van der Waals surface area contributed by atoms with E-state index in [-0.39, 0.29) is 24.4 Å². The Morgan fingerprint density at radius 3 is 2.68 bits per heavy atom. The Morgan fingerprint density at radius 1 is 1.36 bits per heavy atom. The highest BCUT2D eigenvalue weighted by atomic mass is 35.5. The molecule has 0 spiro atoms. The molecule has 1 heterocycles. The van der Waals surface area contributed by atoms with E-state index in [1.165, 1.54) is 0 Å². The van der Waals surface area contributed by atoms with Crippen LogP contribution in [0.15, 0.2) is 30.3 Å². The standard InChI is InChI=1S/C16H22N4O.ClH/c1-11-7-13(3)20(19-11)10-14-5-4-6-15(8-14)16(21)18-12(2)9-17;/h4-8,12H,9-10,17H2,1-3H3,(H,18,21);1H/t12-;/m0./s1. The lowest BCUT2D eigenvalue weighted by Crippen LogP contribution is -2.37. The van der Waals surface area contributed by atoms with E-state index >= 15 is 0 Å². The second-order valence-electron chi connectivity index (χ2n) is 5.40. The Morgan fingerprint density at radius 2 is 2.09 bits per heavy atom. The van der Waals surface area contributed by atoms with Crippen LogP contribution in [0, 0.1) is 13.8 Å². The molecule has 1 atom stereocenters. The minimum absolute atomic E-state index is 0. The topological polar surface area (TPSA) is 72.9 Å². The zero-order valence-electron chi connectivity index (χ0n) is 13.2. The van der Waals surface area contributed by atoms with Gasteiger partial charge in [0.2, 0.25) is 0 Å². The lowest BCUT2D eigenvalue weighted by Gasteiger charge is -2.12. The van der Waals surface area contributed by atoms with Gasteiger partial charge in [-0.3, -0.25) is 9.48 Å². The van der Waals surface area contributed by atoms with Gasteiger partial charge in [0.1, 0.15) is 0 Å². The molecule has 3 N–H and O–H groups in total. The summed E-state index contributed by atoms with van der Waals surface area (Å²) < 4.78 is 1.94. The number of nitrogens with zero attached hydrogens (tertiary/aromatic N) is 2. The van der Waals surface area contributed by atoms with Gasteiger partial charge in [-0.1, -0.05) is 12.1 Å². The van der Waals surface area contributed by atoms with Crippen molar-refractivity contribution in [3.8, 4) is 0 Å². The molecule has 2 rings (SSSR count). The van der Waals surface area contributed by atoms with Crippen molar-refractivity contribution in [1.29, 1.82) is 0 Å². The Balaban J connectivity index is 0.00000242. The number of aromatic nitrogens is 2. The maximum atomic E-state index is 12.1. The van der Waals surface area contributed by atoms with Gasteiger partial charge in [0.15, 0.2) is 0 Å². The highest BCUT2D eigenvalue weighted by molar-refractivity contribution is 5.94. The van der Waals surface area contributed by atoms with Crippen LogP contribution in [-0.4, -0.2) is 28.3 Å². The first kappa shape index (κ1) is 18.2. The van der Waals surface area contributed by atoms with E-state index in [1.54, 1.807) is 0 Å². The molecule has 1 aromatic heterocycles. The zero-order valence-corrected chi connectivity index (χ0v) is 14.0. The third-order valence-electron chi connectivity index (χ3n) is 3.36. The van der Waals surface area contributed by atoms with Crippen LogP contribution in [0.2, 0.25) is 0 Å². The Labute approximate surface area is 137 Å². The van der Waals surface area contributed by atoms with Gasteiger partial charge in [-0.25, -0.2) is 0 Å². The van der Waals surface area contributed by atoms with Gasteiger partial charge in [-0.15, -0.1) is 12.4 Å². The summed E-state index contributed by atoms with van der Waals surface area (Å²) in [6, 6.07) is 9.61. The van der Waals surface area contributed by atoms with Crippen LogP contribution in [0.25, 0.3) is 0 Å². The number of benzene rings is 1.